The summed E-state index contributed by atoms with van der Waals surface area (Å²) in [5.41, 5.74) is 0.644. The number of rotatable bonds is 6. The lowest BCUT2D eigenvalue weighted by Crippen LogP contribution is -2.31. The monoisotopic (exact) mass is 278 g/mol. The normalized spacial score (nSPS) is 11.4. The van der Waals surface area contributed by atoms with Crippen molar-refractivity contribution in [1.82, 2.24) is 14.9 Å². The summed E-state index contributed by atoms with van der Waals surface area (Å²) in [6.07, 6.45) is 1.54. The fraction of sp³-hybridized carbons (Fsp3) is 0.625. The highest BCUT2D eigenvalue weighted by molar-refractivity contribution is 7.89. The Morgan fingerprint density at radius 3 is 2.82 bits per heavy atom. The summed E-state index contributed by atoms with van der Waals surface area (Å²) in [6.45, 7) is 1.96. The number of carbonyl (C=O) groups excluding carboxylic acids is 1. The van der Waals surface area contributed by atoms with Crippen molar-refractivity contribution in [3.8, 4) is 0 Å². The number of nitrogens with two attached hydrogens (primary N) is 1. The third kappa shape index (κ3) is 4.75. The molecule has 17 heavy (non-hydrogen) atoms. The first-order valence-electron chi connectivity index (χ1n) is 5.04. The third-order valence-electron chi connectivity index (χ3n) is 1.92. The predicted molar refractivity (Wildman–Crippen MR) is 64.2 cm³/mol. The number of hydrogen-bond donors (Lipinski definition) is 2. The van der Waals surface area contributed by atoms with Crippen molar-refractivity contribution in [2.45, 2.75) is 19.8 Å². The largest absolute Gasteiger partial charge is 0.350 e. The van der Waals surface area contributed by atoms with Crippen LogP contribution in [0, 0.1) is 0 Å². The van der Waals surface area contributed by atoms with Gasteiger partial charge in [0, 0.05) is 6.54 Å². The highest BCUT2D eigenvalue weighted by Crippen LogP contribution is 2.11. The SMILES string of the molecule is CCCc1nnsc1C(=O)NCCS(N)(=O)=O. The molecule has 0 spiro atoms. The fourth-order valence-electron chi connectivity index (χ4n) is 1.17. The molecule has 0 saturated heterocycles. The maximum Gasteiger partial charge on any atom is 0.264 e. The van der Waals surface area contributed by atoms with Crippen molar-refractivity contribution in [2.75, 3.05) is 12.3 Å². The van der Waals surface area contributed by atoms with Crippen LogP contribution in [0.25, 0.3) is 0 Å². The van der Waals surface area contributed by atoms with Crippen LogP contribution in [0.15, 0.2) is 0 Å². The van der Waals surface area contributed by atoms with E-state index >= 15 is 0 Å². The number of nitrogens with one attached hydrogen (secondary N) is 1. The lowest BCUT2D eigenvalue weighted by atomic mass is 10.2. The molecule has 0 aromatic carbocycles. The molecule has 0 atom stereocenters. The zero-order chi connectivity index (χ0) is 12.9. The minimum atomic E-state index is -3.55. The summed E-state index contributed by atoms with van der Waals surface area (Å²) < 4.78 is 25.1. The van der Waals surface area contributed by atoms with Crippen LogP contribution in [0.5, 0.6) is 0 Å². The molecule has 9 heteroatoms. The summed E-state index contributed by atoms with van der Waals surface area (Å²) in [7, 11) is -3.55. The van der Waals surface area contributed by atoms with E-state index in [9.17, 15) is 13.2 Å². The standard InChI is InChI=1S/C8H14N4O3S2/c1-2-3-6-7(16-12-11-6)8(13)10-4-5-17(9,14)15/h2-5H2,1H3,(H,10,13)(H2,9,14,15). The number of aromatic nitrogens is 2. The van der Waals surface area contributed by atoms with Crippen LogP contribution in [0.2, 0.25) is 0 Å². The van der Waals surface area contributed by atoms with Crippen LogP contribution < -0.4 is 10.5 Å². The number of primary sulfonamides is 1. The molecule has 1 rings (SSSR count). The topological polar surface area (TPSA) is 115 Å². The van der Waals surface area contributed by atoms with E-state index < -0.39 is 10.0 Å². The first-order valence-corrected chi connectivity index (χ1v) is 7.53. The molecular formula is C8H14N4O3S2. The van der Waals surface area contributed by atoms with Crippen LogP contribution in [0.1, 0.15) is 28.7 Å². The van der Waals surface area contributed by atoms with Crippen molar-refractivity contribution in [3.63, 3.8) is 0 Å². The smallest absolute Gasteiger partial charge is 0.264 e. The molecule has 0 bridgehead atoms. The minimum absolute atomic E-state index is 0.0128. The Kier molecular flexibility index (Phi) is 4.97. The molecule has 1 heterocycles. The van der Waals surface area contributed by atoms with Crippen molar-refractivity contribution >= 4 is 27.5 Å². The Hall–Kier alpha value is -1.06. The van der Waals surface area contributed by atoms with E-state index in [0.29, 0.717) is 17.0 Å². The Balaban J connectivity index is 2.55. The van der Waals surface area contributed by atoms with Crippen LogP contribution in [0.4, 0.5) is 0 Å². The maximum absolute atomic E-state index is 11.7. The summed E-state index contributed by atoms with van der Waals surface area (Å²) in [6, 6.07) is 0. The minimum Gasteiger partial charge on any atom is -0.350 e. The highest BCUT2D eigenvalue weighted by Gasteiger charge is 2.15. The molecule has 1 aromatic heterocycles. The molecule has 0 radical (unpaired) electrons. The summed E-state index contributed by atoms with van der Waals surface area (Å²) in [4.78, 5) is 12.1. The quantitative estimate of drug-likeness (QED) is 0.728. The Labute approximate surface area is 104 Å². The number of hydrogen-bond acceptors (Lipinski definition) is 6. The maximum atomic E-state index is 11.7. The number of carbonyl (C=O) groups is 1. The summed E-state index contributed by atoms with van der Waals surface area (Å²) >= 11 is 1.00. The van der Waals surface area contributed by atoms with Gasteiger partial charge in [-0.1, -0.05) is 17.8 Å². The van der Waals surface area contributed by atoms with Crippen LogP contribution in [0.3, 0.4) is 0 Å². The molecule has 0 aliphatic heterocycles. The van der Waals surface area contributed by atoms with Gasteiger partial charge >= 0.3 is 0 Å². The Bertz CT molecular complexity index is 483. The van der Waals surface area contributed by atoms with Gasteiger partial charge in [0.2, 0.25) is 10.0 Å². The van der Waals surface area contributed by atoms with Crippen LogP contribution in [-0.4, -0.2) is 36.2 Å². The number of sulfonamides is 1. The molecule has 96 valence electrons. The van der Waals surface area contributed by atoms with Crippen molar-refractivity contribution in [3.05, 3.63) is 10.6 Å². The molecule has 3 N–H and O–H groups in total. The molecule has 0 fully saturated rings. The van der Waals surface area contributed by atoms with Gasteiger partial charge in [-0.3, -0.25) is 4.79 Å². The first kappa shape index (κ1) is 14.0. The van der Waals surface area contributed by atoms with Crippen LogP contribution in [-0.2, 0) is 16.4 Å². The molecule has 0 unspecified atom stereocenters. The average molecular weight is 278 g/mol. The van der Waals surface area contributed by atoms with Gasteiger partial charge in [-0.05, 0) is 18.0 Å². The second kappa shape index (κ2) is 6.03. The predicted octanol–water partition coefficient (Wildman–Crippen LogP) is -0.491. The van der Waals surface area contributed by atoms with Crippen molar-refractivity contribution < 1.29 is 13.2 Å². The molecule has 7 nitrogen and oxygen atoms in total. The van der Waals surface area contributed by atoms with Crippen molar-refractivity contribution in [1.29, 1.82) is 0 Å². The lowest BCUT2D eigenvalue weighted by molar-refractivity contribution is 0.0959. The van der Waals surface area contributed by atoms with E-state index in [-0.39, 0.29) is 18.2 Å². The zero-order valence-corrected chi connectivity index (χ0v) is 11.0. The summed E-state index contributed by atoms with van der Waals surface area (Å²) in [5, 5.41) is 11.1. The highest BCUT2D eigenvalue weighted by atomic mass is 32.2. The van der Waals surface area contributed by atoms with Gasteiger partial charge in [0.1, 0.15) is 4.88 Å². The fourth-order valence-corrected chi connectivity index (χ4v) is 2.18. The first-order chi connectivity index (χ1) is 7.94. The van der Waals surface area contributed by atoms with E-state index in [0.717, 1.165) is 18.0 Å². The zero-order valence-electron chi connectivity index (χ0n) is 9.34. The number of nitrogens with zero attached hydrogens (tertiary/aromatic N) is 2. The molecule has 1 aromatic rings. The van der Waals surface area contributed by atoms with Gasteiger partial charge in [0.15, 0.2) is 0 Å². The number of amides is 1. The van der Waals surface area contributed by atoms with E-state index in [1.807, 2.05) is 6.92 Å². The lowest BCUT2D eigenvalue weighted by Gasteiger charge is -2.02. The van der Waals surface area contributed by atoms with E-state index in [2.05, 4.69) is 14.9 Å². The van der Waals surface area contributed by atoms with Gasteiger partial charge in [-0.15, -0.1) is 5.10 Å². The van der Waals surface area contributed by atoms with Crippen LogP contribution >= 0.6 is 11.5 Å². The number of aryl methyl sites for hydroxylation is 1. The van der Waals surface area contributed by atoms with Gasteiger partial charge in [0.05, 0.1) is 11.4 Å². The molecule has 0 saturated carbocycles. The van der Waals surface area contributed by atoms with E-state index in [1.165, 1.54) is 0 Å². The summed E-state index contributed by atoms with van der Waals surface area (Å²) in [5.74, 6) is -0.638. The van der Waals surface area contributed by atoms with Gasteiger partial charge in [-0.25, -0.2) is 13.6 Å². The molecular weight excluding hydrogens is 264 g/mol. The molecule has 0 aliphatic rings. The second-order valence-electron chi connectivity index (χ2n) is 3.42. The Morgan fingerprint density at radius 2 is 2.24 bits per heavy atom. The van der Waals surface area contributed by atoms with Crippen molar-refractivity contribution in [2.24, 2.45) is 5.14 Å². The molecule has 1 amide bonds. The Morgan fingerprint density at radius 1 is 1.53 bits per heavy atom. The second-order valence-corrected chi connectivity index (χ2v) is 5.91. The van der Waals surface area contributed by atoms with E-state index in [4.69, 9.17) is 5.14 Å². The average Bonchev–Trinajstić information content (AvgIpc) is 2.64. The van der Waals surface area contributed by atoms with Gasteiger partial charge in [-0.2, -0.15) is 0 Å². The van der Waals surface area contributed by atoms with Gasteiger partial charge < -0.3 is 5.32 Å². The van der Waals surface area contributed by atoms with E-state index in [1.54, 1.807) is 0 Å². The molecule has 0 aliphatic carbocycles. The third-order valence-corrected chi connectivity index (χ3v) is 3.46. The van der Waals surface area contributed by atoms with Gasteiger partial charge in [0.25, 0.3) is 5.91 Å².